The van der Waals surface area contributed by atoms with Gasteiger partial charge in [-0.3, -0.25) is 14.7 Å². The maximum Gasteiger partial charge on any atom is 0.255 e. The Hall–Kier alpha value is -1.46. The number of rotatable bonds is 3. The molecular formula is C16H23N3O2. The highest BCUT2D eigenvalue weighted by atomic mass is 16.5. The summed E-state index contributed by atoms with van der Waals surface area (Å²) in [6.45, 7) is 3.84. The summed E-state index contributed by atoms with van der Waals surface area (Å²) >= 11 is 0. The number of amides is 1. The monoisotopic (exact) mass is 289 g/mol. The number of likely N-dealkylation sites (tertiary alicyclic amines) is 2. The van der Waals surface area contributed by atoms with Crippen LogP contribution in [0.4, 0.5) is 0 Å². The Morgan fingerprint density at radius 1 is 1.29 bits per heavy atom. The van der Waals surface area contributed by atoms with Gasteiger partial charge in [0.1, 0.15) is 0 Å². The first-order valence-electron chi connectivity index (χ1n) is 7.74. The summed E-state index contributed by atoms with van der Waals surface area (Å²) in [5.74, 6) is 0.109. The van der Waals surface area contributed by atoms with Crippen LogP contribution >= 0.6 is 0 Å². The zero-order valence-corrected chi connectivity index (χ0v) is 12.6. The van der Waals surface area contributed by atoms with E-state index in [4.69, 9.17) is 4.74 Å². The molecular weight excluding hydrogens is 266 g/mol. The molecule has 2 fully saturated rings. The lowest BCUT2D eigenvalue weighted by molar-refractivity contribution is 0.0602. The zero-order valence-electron chi connectivity index (χ0n) is 12.6. The van der Waals surface area contributed by atoms with Gasteiger partial charge >= 0.3 is 0 Å². The van der Waals surface area contributed by atoms with Gasteiger partial charge in [0.25, 0.3) is 5.91 Å². The molecule has 1 amide bonds. The van der Waals surface area contributed by atoms with Gasteiger partial charge in [0.15, 0.2) is 0 Å². The van der Waals surface area contributed by atoms with Crippen LogP contribution < -0.4 is 0 Å². The Balaban J connectivity index is 1.52. The highest BCUT2D eigenvalue weighted by Gasteiger charge is 2.31. The van der Waals surface area contributed by atoms with Crippen molar-refractivity contribution in [1.29, 1.82) is 0 Å². The first-order chi connectivity index (χ1) is 10.3. The van der Waals surface area contributed by atoms with Crippen molar-refractivity contribution in [1.82, 2.24) is 14.8 Å². The lowest BCUT2D eigenvalue weighted by atomic mass is 10.0. The van der Waals surface area contributed by atoms with Gasteiger partial charge in [-0.05, 0) is 31.4 Å². The normalized spacial score (nSPS) is 24.4. The Bertz CT molecular complexity index is 472. The molecule has 5 nitrogen and oxygen atoms in total. The molecule has 1 aromatic rings. The van der Waals surface area contributed by atoms with Gasteiger partial charge in [0, 0.05) is 51.7 Å². The summed E-state index contributed by atoms with van der Waals surface area (Å²) in [7, 11) is 1.79. The van der Waals surface area contributed by atoms with E-state index >= 15 is 0 Å². The molecule has 0 bridgehead atoms. The average Bonchev–Trinajstić information content (AvgIpc) is 3.04. The summed E-state index contributed by atoms with van der Waals surface area (Å²) in [5.41, 5.74) is 0.691. The molecule has 0 aromatic carbocycles. The van der Waals surface area contributed by atoms with E-state index in [2.05, 4.69) is 9.88 Å². The molecule has 0 N–H and O–H groups in total. The Kier molecular flexibility index (Phi) is 4.51. The molecule has 21 heavy (non-hydrogen) atoms. The zero-order chi connectivity index (χ0) is 14.7. The number of piperidine rings is 1. The number of hydrogen-bond donors (Lipinski definition) is 0. The molecule has 2 aliphatic rings. The molecule has 1 atom stereocenters. The van der Waals surface area contributed by atoms with E-state index in [9.17, 15) is 4.79 Å². The van der Waals surface area contributed by atoms with Gasteiger partial charge in [-0.25, -0.2) is 0 Å². The highest BCUT2D eigenvalue weighted by molar-refractivity contribution is 5.93. The number of carbonyl (C=O) groups excluding carboxylic acids is 1. The Morgan fingerprint density at radius 3 is 2.71 bits per heavy atom. The summed E-state index contributed by atoms with van der Waals surface area (Å²) in [6.07, 6.45) is 6.98. The first-order valence-corrected chi connectivity index (χ1v) is 7.74. The largest absolute Gasteiger partial charge is 0.380 e. The molecule has 114 valence electrons. The van der Waals surface area contributed by atoms with Crippen LogP contribution in [0.5, 0.6) is 0 Å². The Morgan fingerprint density at radius 2 is 2.10 bits per heavy atom. The third kappa shape index (κ3) is 3.24. The summed E-state index contributed by atoms with van der Waals surface area (Å²) < 4.78 is 5.44. The molecule has 3 heterocycles. The quantitative estimate of drug-likeness (QED) is 0.844. The molecule has 5 heteroatoms. The van der Waals surface area contributed by atoms with Crippen LogP contribution in [0, 0.1) is 0 Å². The summed E-state index contributed by atoms with van der Waals surface area (Å²) in [6, 6.07) is 4.25. The van der Waals surface area contributed by atoms with Crippen molar-refractivity contribution in [3.63, 3.8) is 0 Å². The summed E-state index contributed by atoms with van der Waals surface area (Å²) in [5, 5.41) is 0. The summed E-state index contributed by atoms with van der Waals surface area (Å²) in [4.78, 5) is 20.9. The maximum absolute atomic E-state index is 12.4. The van der Waals surface area contributed by atoms with Crippen molar-refractivity contribution in [3.8, 4) is 0 Å². The molecule has 1 unspecified atom stereocenters. The van der Waals surface area contributed by atoms with Crippen molar-refractivity contribution < 1.29 is 9.53 Å². The number of methoxy groups -OCH3 is 1. The molecule has 0 spiro atoms. The lowest BCUT2D eigenvalue weighted by Crippen LogP contribution is -2.46. The van der Waals surface area contributed by atoms with E-state index in [1.165, 1.54) is 0 Å². The predicted molar refractivity (Wildman–Crippen MR) is 80.1 cm³/mol. The van der Waals surface area contributed by atoms with Crippen LogP contribution in [-0.2, 0) is 4.74 Å². The molecule has 2 saturated heterocycles. The molecule has 3 rings (SSSR count). The van der Waals surface area contributed by atoms with Crippen LogP contribution in [0.3, 0.4) is 0 Å². The van der Waals surface area contributed by atoms with Gasteiger partial charge in [-0.1, -0.05) is 0 Å². The standard InChI is InChI=1S/C16H23N3O2/c1-21-15-6-10-19(12-15)14-4-8-18(9-5-14)16(20)13-3-2-7-17-11-13/h2-3,7,11,14-15H,4-6,8-10,12H2,1H3. The third-order valence-corrected chi connectivity index (χ3v) is 4.69. The number of ether oxygens (including phenoxy) is 1. The molecule has 1 aromatic heterocycles. The van der Waals surface area contributed by atoms with Crippen LogP contribution in [0.1, 0.15) is 29.6 Å². The second-order valence-electron chi connectivity index (χ2n) is 5.91. The van der Waals surface area contributed by atoms with Crippen LogP contribution in [0.2, 0.25) is 0 Å². The van der Waals surface area contributed by atoms with Gasteiger partial charge < -0.3 is 9.64 Å². The van der Waals surface area contributed by atoms with E-state index in [0.29, 0.717) is 17.7 Å². The minimum atomic E-state index is 0.109. The van der Waals surface area contributed by atoms with E-state index in [0.717, 1.165) is 45.4 Å². The highest BCUT2D eigenvalue weighted by Crippen LogP contribution is 2.23. The lowest BCUT2D eigenvalue weighted by Gasteiger charge is -2.36. The Labute approximate surface area is 125 Å². The van der Waals surface area contributed by atoms with Crippen molar-refractivity contribution in [2.24, 2.45) is 0 Å². The van der Waals surface area contributed by atoms with Crippen molar-refractivity contribution >= 4 is 5.91 Å². The molecule has 2 aliphatic heterocycles. The van der Waals surface area contributed by atoms with Gasteiger partial charge in [-0.2, -0.15) is 0 Å². The van der Waals surface area contributed by atoms with E-state index < -0.39 is 0 Å². The molecule has 0 aliphatic carbocycles. The average molecular weight is 289 g/mol. The van der Waals surface area contributed by atoms with Crippen LogP contribution in [0.25, 0.3) is 0 Å². The fourth-order valence-electron chi connectivity index (χ4n) is 3.38. The second kappa shape index (κ2) is 6.54. The smallest absolute Gasteiger partial charge is 0.255 e. The van der Waals surface area contributed by atoms with Gasteiger partial charge in [0.2, 0.25) is 0 Å². The predicted octanol–water partition coefficient (Wildman–Crippen LogP) is 1.41. The topological polar surface area (TPSA) is 45.7 Å². The maximum atomic E-state index is 12.4. The van der Waals surface area contributed by atoms with E-state index in [1.807, 2.05) is 17.0 Å². The number of nitrogens with zero attached hydrogens (tertiary/aromatic N) is 3. The van der Waals surface area contributed by atoms with E-state index in [1.54, 1.807) is 19.5 Å². The number of aromatic nitrogens is 1. The van der Waals surface area contributed by atoms with Crippen molar-refractivity contribution in [2.75, 3.05) is 33.3 Å². The molecule has 0 saturated carbocycles. The minimum absolute atomic E-state index is 0.109. The van der Waals surface area contributed by atoms with Crippen LogP contribution in [0.15, 0.2) is 24.5 Å². The third-order valence-electron chi connectivity index (χ3n) is 4.69. The van der Waals surface area contributed by atoms with Gasteiger partial charge in [0.05, 0.1) is 11.7 Å². The fraction of sp³-hybridized carbons (Fsp3) is 0.625. The number of hydrogen-bond acceptors (Lipinski definition) is 4. The minimum Gasteiger partial charge on any atom is -0.380 e. The fourth-order valence-corrected chi connectivity index (χ4v) is 3.38. The van der Waals surface area contributed by atoms with Gasteiger partial charge in [-0.15, -0.1) is 0 Å². The van der Waals surface area contributed by atoms with Crippen LogP contribution in [-0.4, -0.2) is 66.1 Å². The van der Waals surface area contributed by atoms with E-state index in [-0.39, 0.29) is 5.91 Å². The molecule has 0 radical (unpaired) electrons. The number of pyridine rings is 1. The first kappa shape index (κ1) is 14.5. The number of carbonyl (C=O) groups is 1. The van der Waals surface area contributed by atoms with Crippen molar-refractivity contribution in [2.45, 2.75) is 31.4 Å². The SMILES string of the molecule is COC1CCN(C2CCN(C(=O)c3cccnc3)CC2)C1. The van der Waals surface area contributed by atoms with Crippen molar-refractivity contribution in [3.05, 3.63) is 30.1 Å². The second-order valence-corrected chi connectivity index (χ2v) is 5.91.